The number of nitrogens with one attached hydrogen (secondary N) is 2. The van der Waals surface area contributed by atoms with Crippen LogP contribution in [-0.2, 0) is 4.79 Å². The maximum absolute atomic E-state index is 11.7. The lowest BCUT2D eigenvalue weighted by Gasteiger charge is -2.13. The molecule has 0 spiro atoms. The molecule has 3 N–H and O–H groups in total. The van der Waals surface area contributed by atoms with E-state index < -0.39 is 5.91 Å². The Balaban J connectivity index is 2.54. The molecule has 0 aliphatic carbocycles. The molecule has 0 saturated heterocycles. The number of rotatable bonds is 4. The highest BCUT2D eigenvalue weighted by molar-refractivity contribution is 5.95. The van der Waals surface area contributed by atoms with Gasteiger partial charge in [0, 0.05) is 11.5 Å². The Kier molecular flexibility index (Phi) is 5.17. The predicted molar refractivity (Wildman–Crippen MR) is 67.8 cm³/mol. The molecular weight excluding hydrogens is 232 g/mol. The van der Waals surface area contributed by atoms with E-state index in [2.05, 4.69) is 10.9 Å². The molecule has 18 heavy (non-hydrogen) atoms. The fourth-order valence-corrected chi connectivity index (χ4v) is 1.60. The first kappa shape index (κ1) is 14.0. The first-order valence-corrected chi connectivity index (χ1v) is 5.97. The van der Waals surface area contributed by atoms with Gasteiger partial charge in [0.05, 0.1) is 0 Å². The highest BCUT2D eigenvalue weighted by atomic mass is 16.3. The van der Waals surface area contributed by atoms with Crippen LogP contribution in [0.25, 0.3) is 0 Å². The SMILES string of the molecule is CCC(CC)C(=O)NNC(=O)c1cccc(O)c1. The average molecular weight is 250 g/mol. The Bertz CT molecular complexity index is 428. The quantitative estimate of drug-likeness (QED) is 0.710. The third-order valence-electron chi connectivity index (χ3n) is 2.76. The van der Waals surface area contributed by atoms with Crippen molar-refractivity contribution in [2.24, 2.45) is 5.92 Å². The minimum Gasteiger partial charge on any atom is -0.508 e. The number of hydrogen-bond donors (Lipinski definition) is 3. The van der Waals surface area contributed by atoms with Crippen LogP contribution in [0.5, 0.6) is 5.75 Å². The second-order valence-electron chi connectivity index (χ2n) is 4.01. The summed E-state index contributed by atoms with van der Waals surface area (Å²) in [4.78, 5) is 23.3. The second kappa shape index (κ2) is 6.64. The topological polar surface area (TPSA) is 78.4 Å². The molecule has 1 aromatic carbocycles. The van der Waals surface area contributed by atoms with E-state index >= 15 is 0 Å². The van der Waals surface area contributed by atoms with Crippen LogP contribution in [0, 0.1) is 5.92 Å². The molecule has 0 bridgehead atoms. The number of hydrogen-bond acceptors (Lipinski definition) is 3. The summed E-state index contributed by atoms with van der Waals surface area (Å²) in [5, 5.41) is 9.24. The van der Waals surface area contributed by atoms with E-state index in [1.165, 1.54) is 12.1 Å². The van der Waals surface area contributed by atoms with Crippen LogP contribution in [-0.4, -0.2) is 16.9 Å². The molecule has 0 aliphatic rings. The second-order valence-corrected chi connectivity index (χ2v) is 4.01. The summed E-state index contributed by atoms with van der Waals surface area (Å²) in [7, 11) is 0. The van der Waals surface area contributed by atoms with Gasteiger partial charge in [-0.3, -0.25) is 20.4 Å². The molecule has 1 rings (SSSR count). The van der Waals surface area contributed by atoms with Crippen LogP contribution in [0.2, 0.25) is 0 Å². The standard InChI is InChI=1S/C13H18N2O3/c1-3-9(4-2)12(17)14-15-13(18)10-6-5-7-11(16)8-10/h5-9,16H,3-4H2,1-2H3,(H,14,17)(H,15,18). The van der Waals surface area contributed by atoms with Gasteiger partial charge in [-0.2, -0.15) is 0 Å². The van der Waals surface area contributed by atoms with Crippen molar-refractivity contribution in [3.63, 3.8) is 0 Å². The zero-order chi connectivity index (χ0) is 13.5. The third-order valence-corrected chi connectivity index (χ3v) is 2.76. The Morgan fingerprint density at radius 3 is 2.44 bits per heavy atom. The number of amides is 2. The highest BCUT2D eigenvalue weighted by Gasteiger charge is 2.15. The van der Waals surface area contributed by atoms with Gasteiger partial charge in [0.2, 0.25) is 5.91 Å². The van der Waals surface area contributed by atoms with E-state index in [9.17, 15) is 14.7 Å². The molecule has 0 saturated carbocycles. The Morgan fingerprint density at radius 2 is 1.89 bits per heavy atom. The fraction of sp³-hybridized carbons (Fsp3) is 0.385. The van der Waals surface area contributed by atoms with Crippen LogP contribution < -0.4 is 10.9 Å². The summed E-state index contributed by atoms with van der Waals surface area (Å²) >= 11 is 0. The van der Waals surface area contributed by atoms with E-state index in [0.717, 1.165) is 12.8 Å². The molecule has 5 nitrogen and oxygen atoms in total. The van der Waals surface area contributed by atoms with Crippen molar-refractivity contribution in [2.45, 2.75) is 26.7 Å². The molecule has 0 unspecified atom stereocenters. The monoisotopic (exact) mass is 250 g/mol. The maximum atomic E-state index is 11.7. The van der Waals surface area contributed by atoms with Gasteiger partial charge in [-0.15, -0.1) is 0 Å². The zero-order valence-electron chi connectivity index (χ0n) is 10.6. The molecule has 1 aromatic rings. The van der Waals surface area contributed by atoms with Crippen molar-refractivity contribution >= 4 is 11.8 Å². The lowest BCUT2D eigenvalue weighted by molar-refractivity contribution is -0.125. The Hall–Kier alpha value is -2.04. The number of carbonyl (C=O) groups excluding carboxylic acids is 2. The summed E-state index contributed by atoms with van der Waals surface area (Å²) in [6.45, 7) is 3.84. The lowest BCUT2D eigenvalue weighted by atomic mass is 10.0. The molecule has 0 fully saturated rings. The number of carbonyl (C=O) groups is 2. The van der Waals surface area contributed by atoms with E-state index in [1.54, 1.807) is 12.1 Å². The smallest absolute Gasteiger partial charge is 0.269 e. The lowest BCUT2D eigenvalue weighted by Crippen LogP contribution is -2.44. The van der Waals surface area contributed by atoms with Crippen LogP contribution in [0.1, 0.15) is 37.0 Å². The molecular formula is C13H18N2O3. The van der Waals surface area contributed by atoms with Gasteiger partial charge >= 0.3 is 0 Å². The van der Waals surface area contributed by atoms with E-state index in [1.807, 2.05) is 13.8 Å². The minimum atomic E-state index is -0.454. The van der Waals surface area contributed by atoms with Gasteiger partial charge in [-0.05, 0) is 31.0 Å². The van der Waals surface area contributed by atoms with Crippen molar-refractivity contribution in [1.29, 1.82) is 0 Å². The summed E-state index contributed by atoms with van der Waals surface area (Å²) in [6.07, 6.45) is 1.45. The van der Waals surface area contributed by atoms with Crippen LogP contribution in [0.15, 0.2) is 24.3 Å². The highest BCUT2D eigenvalue weighted by Crippen LogP contribution is 2.10. The van der Waals surface area contributed by atoms with Gasteiger partial charge in [0.25, 0.3) is 5.91 Å². The first-order chi connectivity index (χ1) is 8.58. The molecule has 0 radical (unpaired) electrons. The summed E-state index contributed by atoms with van der Waals surface area (Å²) in [6, 6.07) is 5.92. The van der Waals surface area contributed by atoms with Crippen molar-refractivity contribution in [1.82, 2.24) is 10.9 Å². The van der Waals surface area contributed by atoms with Crippen molar-refractivity contribution in [3.05, 3.63) is 29.8 Å². The molecule has 0 aliphatic heterocycles. The molecule has 0 heterocycles. The van der Waals surface area contributed by atoms with E-state index in [4.69, 9.17) is 0 Å². The van der Waals surface area contributed by atoms with Crippen molar-refractivity contribution in [3.8, 4) is 5.75 Å². The molecule has 0 atom stereocenters. The first-order valence-electron chi connectivity index (χ1n) is 5.97. The zero-order valence-corrected chi connectivity index (χ0v) is 10.6. The van der Waals surface area contributed by atoms with Crippen LogP contribution >= 0.6 is 0 Å². The van der Waals surface area contributed by atoms with Crippen molar-refractivity contribution in [2.75, 3.05) is 0 Å². The minimum absolute atomic E-state index is 0.00831. The Morgan fingerprint density at radius 1 is 1.22 bits per heavy atom. The van der Waals surface area contributed by atoms with Gasteiger partial charge in [0.1, 0.15) is 5.75 Å². The molecule has 5 heteroatoms. The summed E-state index contributed by atoms with van der Waals surface area (Å²) in [5.74, 6) is -0.748. The van der Waals surface area contributed by atoms with Crippen LogP contribution in [0.3, 0.4) is 0 Å². The van der Waals surface area contributed by atoms with Gasteiger partial charge < -0.3 is 5.11 Å². The molecule has 98 valence electrons. The number of hydrazine groups is 1. The van der Waals surface area contributed by atoms with Crippen LogP contribution in [0.4, 0.5) is 0 Å². The fourth-order valence-electron chi connectivity index (χ4n) is 1.60. The van der Waals surface area contributed by atoms with E-state index in [-0.39, 0.29) is 17.6 Å². The number of aromatic hydroxyl groups is 1. The molecule has 2 amide bonds. The van der Waals surface area contributed by atoms with Gasteiger partial charge in [-0.1, -0.05) is 19.9 Å². The van der Waals surface area contributed by atoms with E-state index in [0.29, 0.717) is 5.56 Å². The van der Waals surface area contributed by atoms with Gasteiger partial charge in [-0.25, -0.2) is 0 Å². The summed E-state index contributed by atoms with van der Waals surface area (Å²) in [5.41, 5.74) is 5.00. The number of phenols is 1. The predicted octanol–water partition coefficient (Wildman–Crippen LogP) is 1.59. The van der Waals surface area contributed by atoms with Gasteiger partial charge in [0.15, 0.2) is 0 Å². The Labute approximate surface area is 106 Å². The largest absolute Gasteiger partial charge is 0.508 e. The maximum Gasteiger partial charge on any atom is 0.269 e. The third kappa shape index (κ3) is 3.76. The van der Waals surface area contributed by atoms with Crippen molar-refractivity contribution < 1.29 is 14.7 Å². The average Bonchev–Trinajstić information content (AvgIpc) is 2.37. The molecule has 0 aromatic heterocycles. The summed E-state index contributed by atoms with van der Waals surface area (Å²) < 4.78 is 0. The number of phenolic OH excluding ortho intramolecular Hbond substituents is 1. The normalized spacial score (nSPS) is 10.2. The number of benzene rings is 1.